The van der Waals surface area contributed by atoms with Gasteiger partial charge in [-0.2, -0.15) is 0 Å². The molecule has 3 aromatic heterocycles. The van der Waals surface area contributed by atoms with E-state index in [1.54, 1.807) is 0 Å². The number of pyridine rings is 2. The van der Waals surface area contributed by atoms with Crippen LogP contribution in [0.4, 0.5) is 5.69 Å². The largest absolute Gasteiger partial charge is 0.351 e. The smallest absolute Gasteiger partial charge is 0.174 e. The number of thiocarbonyl (C=S) groups is 1. The second-order valence-corrected chi connectivity index (χ2v) is 8.57. The van der Waals surface area contributed by atoms with Crippen molar-refractivity contribution < 1.29 is 0 Å². The number of para-hydroxylation sites is 1. The standard InChI is InChI=1S/C26H25N5S/c1-17-12-14-28-23(15-17)30-18(2)16-21(19(30)3)25-24(22-11-7-8-13-27-22)29-26(32)31(25)20-9-5-4-6-10-20/h4-16,24-25H,1-3H3,(H,29,32)/t24-,25-/m1/s1. The Kier molecular flexibility index (Phi) is 5.23. The summed E-state index contributed by atoms with van der Waals surface area (Å²) in [6.45, 7) is 6.38. The molecule has 1 aliphatic rings. The highest BCUT2D eigenvalue weighted by molar-refractivity contribution is 7.80. The monoisotopic (exact) mass is 439 g/mol. The average molecular weight is 440 g/mol. The maximum atomic E-state index is 5.84. The number of benzene rings is 1. The van der Waals surface area contributed by atoms with Crippen molar-refractivity contribution in [2.24, 2.45) is 0 Å². The van der Waals surface area contributed by atoms with Gasteiger partial charge < -0.3 is 14.8 Å². The average Bonchev–Trinajstić information content (AvgIpc) is 3.30. The number of hydrogen-bond donors (Lipinski definition) is 1. The normalized spacial score (nSPS) is 18.1. The summed E-state index contributed by atoms with van der Waals surface area (Å²) in [6.07, 6.45) is 3.70. The first-order valence-corrected chi connectivity index (χ1v) is 11.1. The predicted octanol–water partition coefficient (Wildman–Crippen LogP) is 5.37. The molecule has 160 valence electrons. The summed E-state index contributed by atoms with van der Waals surface area (Å²) < 4.78 is 2.22. The van der Waals surface area contributed by atoms with Crippen molar-refractivity contribution in [3.63, 3.8) is 0 Å². The van der Waals surface area contributed by atoms with Gasteiger partial charge in [-0.15, -0.1) is 0 Å². The topological polar surface area (TPSA) is 46.0 Å². The third-order valence-corrected chi connectivity index (χ3v) is 6.37. The van der Waals surface area contributed by atoms with Crippen LogP contribution in [0.2, 0.25) is 0 Å². The van der Waals surface area contributed by atoms with Gasteiger partial charge in [0.05, 0.1) is 17.8 Å². The summed E-state index contributed by atoms with van der Waals surface area (Å²) in [6, 6.07) is 22.6. The summed E-state index contributed by atoms with van der Waals surface area (Å²) in [5.41, 5.74) is 6.71. The molecule has 0 spiro atoms. The molecule has 2 atom stereocenters. The molecule has 0 bridgehead atoms. The Morgan fingerprint density at radius 3 is 2.38 bits per heavy atom. The van der Waals surface area contributed by atoms with Crippen LogP contribution in [0.5, 0.6) is 0 Å². The molecular formula is C26H25N5S. The van der Waals surface area contributed by atoms with Gasteiger partial charge in [-0.3, -0.25) is 4.98 Å². The minimum Gasteiger partial charge on any atom is -0.351 e. The fraction of sp³-hybridized carbons (Fsp3) is 0.192. The zero-order valence-electron chi connectivity index (χ0n) is 18.4. The first-order valence-electron chi connectivity index (χ1n) is 10.7. The first kappa shape index (κ1) is 20.4. The minimum absolute atomic E-state index is 0.0374. The second kappa shape index (κ2) is 8.20. The van der Waals surface area contributed by atoms with E-state index in [9.17, 15) is 0 Å². The van der Waals surface area contributed by atoms with Crippen LogP contribution in [-0.2, 0) is 0 Å². The van der Waals surface area contributed by atoms with Crippen LogP contribution in [0, 0.1) is 20.8 Å². The van der Waals surface area contributed by atoms with Crippen LogP contribution in [0.25, 0.3) is 5.82 Å². The fourth-order valence-electron chi connectivity index (χ4n) is 4.62. The van der Waals surface area contributed by atoms with Gasteiger partial charge >= 0.3 is 0 Å². The first-order chi connectivity index (χ1) is 15.5. The number of anilines is 1. The van der Waals surface area contributed by atoms with Gasteiger partial charge in [0.15, 0.2) is 5.11 Å². The van der Waals surface area contributed by atoms with Crippen molar-refractivity contribution in [3.05, 3.63) is 107 Å². The number of nitrogens with one attached hydrogen (secondary N) is 1. The molecule has 0 saturated carbocycles. The number of aromatic nitrogens is 3. The van der Waals surface area contributed by atoms with E-state index in [0.717, 1.165) is 28.6 Å². The third kappa shape index (κ3) is 3.46. The van der Waals surface area contributed by atoms with Crippen molar-refractivity contribution in [2.45, 2.75) is 32.9 Å². The fourth-order valence-corrected chi connectivity index (χ4v) is 4.97. The molecule has 0 aliphatic carbocycles. The molecule has 0 amide bonds. The van der Waals surface area contributed by atoms with Crippen molar-refractivity contribution in [1.29, 1.82) is 0 Å². The molecule has 4 aromatic rings. The lowest BCUT2D eigenvalue weighted by molar-refractivity contribution is 0.565. The third-order valence-electron chi connectivity index (χ3n) is 6.05. The lowest BCUT2D eigenvalue weighted by atomic mass is 9.96. The predicted molar refractivity (Wildman–Crippen MR) is 132 cm³/mol. The summed E-state index contributed by atoms with van der Waals surface area (Å²) in [4.78, 5) is 11.5. The minimum atomic E-state index is -0.0664. The van der Waals surface area contributed by atoms with Gasteiger partial charge in [0, 0.05) is 29.5 Å². The lowest BCUT2D eigenvalue weighted by Gasteiger charge is -2.28. The Hall–Kier alpha value is -3.51. The molecular weight excluding hydrogens is 414 g/mol. The summed E-state index contributed by atoms with van der Waals surface area (Å²) in [5.74, 6) is 0.931. The molecule has 4 heterocycles. The van der Waals surface area contributed by atoms with E-state index in [1.807, 2.05) is 48.8 Å². The van der Waals surface area contributed by atoms with E-state index in [1.165, 1.54) is 11.1 Å². The SMILES string of the molecule is Cc1ccnc(-n2c(C)cc([C@@H]3[C@@H](c4ccccn4)NC(=S)N3c3ccccc3)c2C)c1. The highest BCUT2D eigenvalue weighted by Crippen LogP contribution is 2.43. The van der Waals surface area contributed by atoms with E-state index in [2.05, 4.69) is 75.9 Å². The summed E-state index contributed by atoms with van der Waals surface area (Å²) >= 11 is 5.84. The van der Waals surface area contributed by atoms with E-state index < -0.39 is 0 Å². The number of nitrogens with zero attached hydrogens (tertiary/aromatic N) is 4. The molecule has 0 unspecified atom stereocenters. The van der Waals surface area contributed by atoms with Crippen LogP contribution >= 0.6 is 12.2 Å². The van der Waals surface area contributed by atoms with E-state index in [0.29, 0.717) is 5.11 Å². The maximum Gasteiger partial charge on any atom is 0.174 e. The maximum absolute atomic E-state index is 5.84. The van der Waals surface area contributed by atoms with Gasteiger partial charge in [0.2, 0.25) is 0 Å². The zero-order chi connectivity index (χ0) is 22.2. The van der Waals surface area contributed by atoms with E-state index >= 15 is 0 Å². The molecule has 6 heteroatoms. The van der Waals surface area contributed by atoms with Gasteiger partial charge in [-0.1, -0.05) is 24.3 Å². The van der Waals surface area contributed by atoms with Crippen LogP contribution < -0.4 is 10.2 Å². The van der Waals surface area contributed by atoms with Crippen LogP contribution in [0.3, 0.4) is 0 Å². The zero-order valence-corrected chi connectivity index (χ0v) is 19.2. The molecule has 1 fully saturated rings. The van der Waals surface area contributed by atoms with E-state index in [4.69, 9.17) is 12.2 Å². The van der Waals surface area contributed by atoms with Crippen LogP contribution in [0.1, 0.15) is 40.3 Å². The van der Waals surface area contributed by atoms with Gasteiger partial charge in [0.25, 0.3) is 0 Å². The summed E-state index contributed by atoms with van der Waals surface area (Å²) in [5, 5.41) is 4.25. The number of rotatable bonds is 4. The van der Waals surface area contributed by atoms with Crippen molar-refractivity contribution in [1.82, 2.24) is 19.9 Å². The lowest BCUT2D eigenvalue weighted by Crippen LogP contribution is -2.29. The summed E-state index contributed by atoms with van der Waals surface area (Å²) in [7, 11) is 0. The quantitative estimate of drug-likeness (QED) is 0.433. The molecule has 1 saturated heterocycles. The Balaban J connectivity index is 1.68. The second-order valence-electron chi connectivity index (χ2n) is 8.19. The molecule has 32 heavy (non-hydrogen) atoms. The number of hydrogen-bond acceptors (Lipinski definition) is 3. The van der Waals surface area contributed by atoms with Crippen molar-refractivity contribution in [3.8, 4) is 5.82 Å². The molecule has 5 rings (SSSR count). The van der Waals surface area contributed by atoms with Crippen LogP contribution in [-0.4, -0.2) is 19.6 Å². The Labute approximate surface area is 193 Å². The van der Waals surface area contributed by atoms with Crippen molar-refractivity contribution >= 4 is 23.0 Å². The molecule has 1 aromatic carbocycles. The van der Waals surface area contributed by atoms with Gasteiger partial charge in [-0.25, -0.2) is 4.98 Å². The molecule has 1 N–H and O–H groups in total. The highest BCUT2D eigenvalue weighted by atomic mass is 32.1. The Bertz CT molecular complexity index is 1270. The molecule has 5 nitrogen and oxygen atoms in total. The Morgan fingerprint density at radius 1 is 0.875 bits per heavy atom. The van der Waals surface area contributed by atoms with Crippen molar-refractivity contribution in [2.75, 3.05) is 4.90 Å². The van der Waals surface area contributed by atoms with Gasteiger partial charge in [-0.05, 0) is 86.6 Å². The molecule has 0 radical (unpaired) electrons. The molecule has 1 aliphatic heterocycles. The van der Waals surface area contributed by atoms with Crippen LogP contribution in [0.15, 0.2) is 79.1 Å². The Morgan fingerprint density at radius 2 is 1.66 bits per heavy atom. The van der Waals surface area contributed by atoms with E-state index in [-0.39, 0.29) is 12.1 Å². The van der Waals surface area contributed by atoms with Gasteiger partial charge in [0.1, 0.15) is 5.82 Å². The highest BCUT2D eigenvalue weighted by Gasteiger charge is 2.42. The number of aryl methyl sites for hydroxylation is 2.